The Morgan fingerprint density at radius 3 is 2.36 bits per heavy atom. The Balaban J connectivity index is 1.65. The first-order chi connectivity index (χ1) is 18.1. The molecule has 1 aliphatic heterocycles. The summed E-state index contributed by atoms with van der Waals surface area (Å²) in [6.07, 6.45) is 10.6. The standard InChI is InChI=1S/C32H45NO5S/c1-30(2,3)37-28-15-14-25-21-23(17-19-32(25,28)7)27-18-20-33(39(35,36)26-11-9-8-10-12-26)22-24(27)13-16-29(34)38-31(4,5)6/h8-13,16,21,25,28H,14-15,17-20,22H2,1-7H3/b16-13+/t25-,28+,32+/m1/s1. The van der Waals surface area contributed by atoms with E-state index in [9.17, 15) is 13.2 Å². The third-order valence-corrected chi connectivity index (χ3v) is 9.95. The molecule has 1 aromatic carbocycles. The van der Waals surface area contributed by atoms with Gasteiger partial charge in [-0.15, -0.1) is 0 Å². The minimum Gasteiger partial charge on any atom is -0.457 e. The van der Waals surface area contributed by atoms with Crippen LogP contribution < -0.4 is 0 Å². The van der Waals surface area contributed by atoms with Crippen molar-refractivity contribution in [2.75, 3.05) is 13.1 Å². The second-order valence-corrected chi connectivity index (χ2v) is 15.3. The molecule has 1 fully saturated rings. The molecule has 3 atom stereocenters. The summed E-state index contributed by atoms with van der Waals surface area (Å²) in [7, 11) is -3.65. The monoisotopic (exact) mass is 555 g/mol. The lowest BCUT2D eigenvalue weighted by Gasteiger charge is -2.42. The maximum absolute atomic E-state index is 13.4. The van der Waals surface area contributed by atoms with Gasteiger partial charge < -0.3 is 9.47 Å². The molecular weight excluding hydrogens is 510 g/mol. The highest BCUT2D eigenvalue weighted by atomic mass is 32.2. The number of hydrogen-bond donors (Lipinski definition) is 0. The predicted octanol–water partition coefficient (Wildman–Crippen LogP) is 6.60. The lowest BCUT2D eigenvalue weighted by Crippen LogP contribution is -2.40. The van der Waals surface area contributed by atoms with Crippen LogP contribution in [-0.4, -0.2) is 49.1 Å². The van der Waals surface area contributed by atoms with E-state index < -0.39 is 21.6 Å². The van der Waals surface area contributed by atoms with E-state index in [4.69, 9.17) is 9.47 Å². The number of allylic oxidation sites excluding steroid dienone is 2. The fraction of sp³-hybridized carbons (Fsp3) is 0.594. The quantitative estimate of drug-likeness (QED) is 0.292. The van der Waals surface area contributed by atoms with Crippen LogP contribution in [0.1, 0.15) is 80.6 Å². The lowest BCUT2D eigenvalue weighted by molar-refractivity contribution is -0.148. The van der Waals surface area contributed by atoms with E-state index in [1.54, 1.807) is 30.3 Å². The molecule has 2 aliphatic carbocycles. The molecule has 3 aliphatic rings. The molecule has 214 valence electrons. The molecular formula is C32H45NO5S. The first-order valence-corrected chi connectivity index (χ1v) is 15.6. The van der Waals surface area contributed by atoms with Crippen molar-refractivity contribution in [2.45, 2.75) is 103 Å². The van der Waals surface area contributed by atoms with Crippen LogP contribution in [0, 0.1) is 11.3 Å². The number of carbonyl (C=O) groups is 1. The van der Waals surface area contributed by atoms with Crippen LogP contribution >= 0.6 is 0 Å². The Morgan fingerprint density at radius 2 is 1.72 bits per heavy atom. The van der Waals surface area contributed by atoms with Gasteiger partial charge in [0.2, 0.25) is 10.0 Å². The Morgan fingerprint density at radius 1 is 1.03 bits per heavy atom. The van der Waals surface area contributed by atoms with Crippen LogP contribution in [-0.2, 0) is 24.3 Å². The SMILES string of the molecule is CC(C)(C)OC(=O)/C=C/C1=C(C2=C[C@H]3CC[C@H](OC(C)(C)C)[C@@]3(C)CC2)CCN(S(=O)(=O)c2ccccc2)C1. The van der Waals surface area contributed by atoms with Crippen molar-refractivity contribution in [3.05, 3.63) is 65.3 Å². The third-order valence-electron chi connectivity index (χ3n) is 8.10. The average molecular weight is 556 g/mol. The van der Waals surface area contributed by atoms with E-state index in [0.717, 1.165) is 36.8 Å². The smallest absolute Gasteiger partial charge is 0.331 e. The molecule has 0 unspecified atom stereocenters. The minimum atomic E-state index is -3.65. The first-order valence-electron chi connectivity index (χ1n) is 14.2. The minimum absolute atomic E-state index is 0.0984. The van der Waals surface area contributed by atoms with Crippen molar-refractivity contribution in [3.63, 3.8) is 0 Å². The summed E-state index contributed by atoms with van der Waals surface area (Å²) in [5, 5.41) is 0. The van der Waals surface area contributed by atoms with Crippen molar-refractivity contribution < 1.29 is 22.7 Å². The normalized spacial score (nSPS) is 27.0. The summed E-state index contributed by atoms with van der Waals surface area (Å²) >= 11 is 0. The van der Waals surface area contributed by atoms with Crippen LogP contribution in [0.2, 0.25) is 0 Å². The Labute approximate surface area is 235 Å². The molecule has 1 aromatic rings. The Bertz CT molecular complexity index is 1260. The number of rotatable bonds is 6. The van der Waals surface area contributed by atoms with Crippen LogP contribution in [0.3, 0.4) is 0 Å². The third kappa shape index (κ3) is 6.93. The van der Waals surface area contributed by atoms with Gasteiger partial charge in [-0.05, 0) is 108 Å². The van der Waals surface area contributed by atoms with Gasteiger partial charge in [0.25, 0.3) is 0 Å². The zero-order chi connectivity index (χ0) is 28.6. The second-order valence-electron chi connectivity index (χ2n) is 13.4. The van der Waals surface area contributed by atoms with Gasteiger partial charge in [0, 0.05) is 24.6 Å². The van der Waals surface area contributed by atoms with Crippen molar-refractivity contribution in [2.24, 2.45) is 11.3 Å². The topological polar surface area (TPSA) is 72.9 Å². The van der Waals surface area contributed by atoms with Crippen LogP contribution in [0.5, 0.6) is 0 Å². The first kappa shape index (κ1) is 29.8. The summed E-state index contributed by atoms with van der Waals surface area (Å²) in [5.41, 5.74) is 2.64. The van der Waals surface area contributed by atoms with E-state index >= 15 is 0 Å². The summed E-state index contributed by atoms with van der Waals surface area (Å²) in [6, 6.07) is 8.55. The molecule has 0 spiro atoms. The summed E-state index contributed by atoms with van der Waals surface area (Å²) in [6.45, 7) is 14.9. The van der Waals surface area contributed by atoms with Gasteiger partial charge in [-0.1, -0.05) is 37.3 Å². The van der Waals surface area contributed by atoms with Crippen molar-refractivity contribution >= 4 is 16.0 Å². The van der Waals surface area contributed by atoms with Crippen LogP contribution in [0.15, 0.2) is 70.2 Å². The van der Waals surface area contributed by atoms with Gasteiger partial charge in [0.15, 0.2) is 0 Å². The number of carbonyl (C=O) groups excluding carboxylic acids is 1. The molecule has 0 amide bonds. The summed E-state index contributed by atoms with van der Waals surface area (Å²) in [5.74, 6) is -0.0104. The largest absolute Gasteiger partial charge is 0.457 e. The number of hydrogen-bond acceptors (Lipinski definition) is 5. The highest BCUT2D eigenvalue weighted by Gasteiger charge is 2.49. The van der Waals surface area contributed by atoms with Crippen LogP contribution in [0.25, 0.3) is 0 Å². The average Bonchev–Trinajstić information content (AvgIpc) is 3.15. The molecule has 1 saturated carbocycles. The van der Waals surface area contributed by atoms with E-state index in [2.05, 4.69) is 33.8 Å². The summed E-state index contributed by atoms with van der Waals surface area (Å²) in [4.78, 5) is 12.8. The number of benzene rings is 1. The number of fused-ring (bicyclic) bond motifs is 1. The van der Waals surface area contributed by atoms with Gasteiger partial charge in [-0.3, -0.25) is 0 Å². The van der Waals surface area contributed by atoms with E-state index in [1.165, 1.54) is 16.0 Å². The van der Waals surface area contributed by atoms with Gasteiger partial charge >= 0.3 is 5.97 Å². The summed E-state index contributed by atoms with van der Waals surface area (Å²) < 4.78 is 40.4. The fourth-order valence-corrected chi connectivity index (χ4v) is 7.62. The number of ether oxygens (including phenoxy) is 2. The van der Waals surface area contributed by atoms with Crippen molar-refractivity contribution in [3.8, 4) is 0 Å². The molecule has 6 nitrogen and oxygen atoms in total. The van der Waals surface area contributed by atoms with Crippen molar-refractivity contribution in [1.29, 1.82) is 0 Å². The van der Waals surface area contributed by atoms with E-state index in [1.807, 2.05) is 26.8 Å². The molecule has 39 heavy (non-hydrogen) atoms. The van der Waals surface area contributed by atoms with Gasteiger partial charge in [0.1, 0.15) is 5.60 Å². The van der Waals surface area contributed by atoms with Gasteiger partial charge in [0.05, 0.1) is 16.6 Å². The second kappa shape index (κ2) is 11.0. The highest BCUT2D eigenvalue weighted by molar-refractivity contribution is 7.89. The Kier molecular flexibility index (Phi) is 8.38. The molecule has 0 radical (unpaired) electrons. The predicted molar refractivity (Wildman–Crippen MR) is 155 cm³/mol. The molecule has 0 aromatic heterocycles. The molecule has 0 saturated heterocycles. The van der Waals surface area contributed by atoms with Crippen molar-refractivity contribution in [1.82, 2.24) is 4.31 Å². The molecule has 0 N–H and O–H groups in total. The number of nitrogens with zero attached hydrogens (tertiary/aromatic N) is 1. The Hall–Kier alpha value is -2.22. The highest BCUT2D eigenvalue weighted by Crippen LogP contribution is 2.54. The number of sulfonamides is 1. The maximum atomic E-state index is 13.4. The molecule has 4 rings (SSSR count). The zero-order valence-electron chi connectivity index (χ0n) is 24.6. The fourth-order valence-electron chi connectivity index (χ4n) is 6.18. The molecule has 1 heterocycles. The lowest BCUT2D eigenvalue weighted by atomic mass is 9.68. The van der Waals surface area contributed by atoms with E-state index in [0.29, 0.717) is 18.9 Å². The molecule has 7 heteroatoms. The maximum Gasteiger partial charge on any atom is 0.331 e. The molecule has 0 bridgehead atoms. The van der Waals surface area contributed by atoms with E-state index in [-0.39, 0.29) is 28.6 Å². The van der Waals surface area contributed by atoms with Crippen LogP contribution in [0.4, 0.5) is 0 Å². The van der Waals surface area contributed by atoms with Gasteiger partial charge in [-0.2, -0.15) is 4.31 Å². The zero-order valence-corrected chi connectivity index (χ0v) is 25.4. The number of esters is 1. The van der Waals surface area contributed by atoms with Gasteiger partial charge in [-0.25, -0.2) is 13.2 Å².